The number of ketones is 2. The van der Waals surface area contributed by atoms with Gasteiger partial charge in [-0.1, -0.05) is 29.8 Å². The van der Waals surface area contributed by atoms with E-state index in [0.29, 0.717) is 83.1 Å². The molecule has 0 spiro atoms. The Kier molecular flexibility index (Phi) is 13.3. The van der Waals surface area contributed by atoms with Gasteiger partial charge in [-0.15, -0.1) is 0 Å². The molecule has 4 aromatic heterocycles. The number of hydrogen-bond acceptors (Lipinski definition) is 12. The van der Waals surface area contributed by atoms with E-state index in [1.54, 1.807) is 75.5 Å². The van der Waals surface area contributed by atoms with E-state index in [0.717, 1.165) is 59.5 Å². The highest BCUT2D eigenvalue weighted by molar-refractivity contribution is 6.29. The number of methoxy groups -OCH3 is 2. The SMILES string of the molecule is C/C=C(\C)c1cc(NCC(C)(C)O)c2ncc(-c3ccc(C(=O)CC4CC4)cc3OC)n2n1.COc1cc(C(=O)CC2CC2)ccc1-c1cnc2c(NCC(C)(C)O)cc(Cl)nn12. The zero-order valence-electron chi connectivity index (χ0n) is 37.3. The van der Waals surface area contributed by atoms with Crippen LogP contribution in [0.25, 0.3) is 39.4 Å². The number of benzene rings is 2. The van der Waals surface area contributed by atoms with Crippen molar-refractivity contribution in [1.29, 1.82) is 0 Å². The third kappa shape index (κ3) is 11.0. The molecule has 0 bridgehead atoms. The maximum absolute atomic E-state index is 12.6. The molecule has 14 nitrogen and oxygen atoms in total. The highest BCUT2D eigenvalue weighted by Gasteiger charge is 2.27. The predicted octanol–water partition coefficient (Wildman–Crippen LogP) is 9.22. The van der Waals surface area contributed by atoms with Crippen LogP contribution in [0.2, 0.25) is 5.15 Å². The molecule has 4 heterocycles. The number of ether oxygens (including phenoxy) is 2. The normalized spacial score (nSPS) is 14.4. The average molecular weight is 877 g/mol. The third-order valence-corrected chi connectivity index (χ3v) is 11.3. The number of aliphatic hydroxyl groups is 2. The van der Waals surface area contributed by atoms with Crippen LogP contribution in [-0.4, -0.2) is 89.5 Å². The lowest BCUT2D eigenvalue weighted by atomic mass is 10.0. The Morgan fingerprint density at radius 3 is 1.60 bits per heavy atom. The van der Waals surface area contributed by atoms with Gasteiger partial charge in [0.25, 0.3) is 0 Å². The maximum atomic E-state index is 12.6. The standard InChI is InChI=1S/C26H32N4O3.C22H25ClN4O3/c1-6-16(2)20-13-21(28-15-26(3,4)32)25-27-14-22(30(25)29-20)19-10-9-18(12-24(19)33-5)23(31)11-17-7-8-17;1-22(2,29)12-25-16-10-20(23)26-27-17(11-24-21(16)27)15-7-6-14(9-19(15)30-3)18(28)8-13-4-5-13/h6,9-10,12-14,17,28,32H,7-8,11,15H2,1-5H3;6-7,9-11,13,25,29H,4-5,8,12H2,1-3H3/b16-6+;. The van der Waals surface area contributed by atoms with Gasteiger partial charge in [-0.05, 0) is 115 Å². The number of Topliss-reactive ketones (excluding diaryl/α,β-unsaturated/α-hetero) is 2. The zero-order chi connectivity index (χ0) is 45.2. The number of halogens is 1. The van der Waals surface area contributed by atoms with Crippen LogP contribution in [0.15, 0.2) is 67.0 Å². The molecular formula is C48H57ClN8O6. The Labute approximate surface area is 372 Å². The number of anilines is 2. The van der Waals surface area contributed by atoms with E-state index >= 15 is 0 Å². The minimum atomic E-state index is -0.895. The Bertz CT molecular complexity index is 2680. The van der Waals surface area contributed by atoms with Crippen molar-refractivity contribution in [3.8, 4) is 34.0 Å². The van der Waals surface area contributed by atoms with Gasteiger partial charge in [0.05, 0.1) is 66.3 Å². The number of allylic oxidation sites excluding steroid dienone is 2. The van der Waals surface area contributed by atoms with E-state index < -0.39 is 11.2 Å². The van der Waals surface area contributed by atoms with Gasteiger partial charge in [-0.25, -0.2) is 19.0 Å². The number of fused-ring (bicyclic) bond motifs is 2. The van der Waals surface area contributed by atoms with Crippen LogP contribution >= 0.6 is 11.6 Å². The summed E-state index contributed by atoms with van der Waals surface area (Å²) in [6, 6.07) is 14.7. The van der Waals surface area contributed by atoms with Crippen molar-refractivity contribution in [2.45, 2.75) is 91.3 Å². The van der Waals surface area contributed by atoms with Crippen molar-refractivity contribution in [3.05, 3.63) is 89.0 Å². The van der Waals surface area contributed by atoms with Crippen LogP contribution in [0.4, 0.5) is 11.4 Å². The first-order chi connectivity index (χ1) is 29.9. The zero-order valence-corrected chi connectivity index (χ0v) is 38.0. The highest BCUT2D eigenvalue weighted by atomic mass is 35.5. The quantitative estimate of drug-likeness (QED) is 0.0640. The predicted molar refractivity (Wildman–Crippen MR) is 247 cm³/mol. The van der Waals surface area contributed by atoms with Gasteiger partial charge in [0.2, 0.25) is 0 Å². The van der Waals surface area contributed by atoms with Crippen molar-refractivity contribution in [1.82, 2.24) is 29.2 Å². The first kappa shape index (κ1) is 45.2. The molecule has 2 saturated carbocycles. The number of nitrogens with zero attached hydrogens (tertiary/aromatic N) is 6. The molecule has 8 rings (SSSR count). The fourth-order valence-corrected chi connectivity index (χ4v) is 7.24. The molecule has 2 aliphatic rings. The van der Waals surface area contributed by atoms with E-state index in [-0.39, 0.29) is 16.7 Å². The van der Waals surface area contributed by atoms with Crippen molar-refractivity contribution in [3.63, 3.8) is 0 Å². The van der Waals surface area contributed by atoms with Gasteiger partial charge < -0.3 is 30.3 Å². The smallest absolute Gasteiger partial charge is 0.177 e. The summed E-state index contributed by atoms with van der Waals surface area (Å²) >= 11 is 6.25. The molecule has 4 N–H and O–H groups in total. The minimum Gasteiger partial charge on any atom is -0.496 e. The Morgan fingerprint density at radius 1 is 0.746 bits per heavy atom. The molecule has 6 aromatic rings. The van der Waals surface area contributed by atoms with E-state index in [9.17, 15) is 19.8 Å². The second kappa shape index (κ2) is 18.5. The van der Waals surface area contributed by atoms with E-state index in [4.69, 9.17) is 26.2 Å². The summed E-state index contributed by atoms with van der Waals surface area (Å²) in [4.78, 5) is 34.2. The van der Waals surface area contributed by atoms with Crippen molar-refractivity contribution < 1.29 is 29.3 Å². The van der Waals surface area contributed by atoms with E-state index in [2.05, 4.69) is 25.7 Å². The molecule has 0 saturated heterocycles. The molecule has 2 aliphatic carbocycles. The molecule has 0 radical (unpaired) electrons. The number of carbonyl (C=O) groups is 2. The van der Waals surface area contributed by atoms with Gasteiger partial charge >= 0.3 is 0 Å². The third-order valence-electron chi connectivity index (χ3n) is 11.1. The van der Waals surface area contributed by atoms with Gasteiger partial charge in [0.1, 0.15) is 11.5 Å². The first-order valence-corrected chi connectivity index (χ1v) is 21.7. The van der Waals surface area contributed by atoms with Crippen LogP contribution < -0.4 is 20.1 Å². The van der Waals surface area contributed by atoms with E-state index in [1.807, 2.05) is 56.3 Å². The highest BCUT2D eigenvalue weighted by Crippen LogP contribution is 2.38. The lowest BCUT2D eigenvalue weighted by molar-refractivity contribution is 0.0939. The van der Waals surface area contributed by atoms with Gasteiger partial charge in [-0.2, -0.15) is 10.2 Å². The largest absolute Gasteiger partial charge is 0.496 e. The van der Waals surface area contributed by atoms with Crippen LogP contribution in [0.1, 0.15) is 106 Å². The van der Waals surface area contributed by atoms with Crippen molar-refractivity contribution in [2.75, 3.05) is 37.9 Å². The van der Waals surface area contributed by atoms with Gasteiger partial charge in [0.15, 0.2) is 28.0 Å². The Hall–Kier alpha value is -5.83. The monoisotopic (exact) mass is 876 g/mol. The second-order valence-electron chi connectivity index (χ2n) is 17.9. The molecule has 2 fully saturated rings. The number of hydrogen-bond donors (Lipinski definition) is 4. The lowest BCUT2D eigenvalue weighted by Gasteiger charge is -2.19. The van der Waals surface area contributed by atoms with E-state index in [1.165, 1.54) is 0 Å². The number of nitrogens with one attached hydrogen (secondary N) is 2. The summed E-state index contributed by atoms with van der Waals surface area (Å²) in [5.74, 6) is 2.55. The maximum Gasteiger partial charge on any atom is 0.177 e. The van der Waals surface area contributed by atoms with Crippen LogP contribution in [-0.2, 0) is 0 Å². The Balaban J connectivity index is 0.000000190. The number of carbonyl (C=O) groups excluding carboxylic acids is 2. The molecule has 0 unspecified atom stereocenters. The molecular weight excluding hydrogens is 820 g/mol. The first-order valence-electron chi connectivity index (χ1n) is 21.4. The summed E-state index contributed by atoms with van der Waals surface area (Å²) in [6.07, 6.45) is 11.2. The van der Waals surface area contributed by atoms with Crippen molar-refractivity contribution in [2.24, 2.45) is 11.8 Å². The molecule has 0 aliphatic heterocycles. The average Bonchev–Trinajstić information content (AvgIpc) is 4.17. The topological polar surface area (TPSA) is 177 Å². The number of imidazole rings is 2. The fraction of sp³-hybridized carbons (Fsp3) is 0.417. The fourth-order valence-electron chi connectivity index (χ4n) is 7.05. The molecule has 0 amide bonds. The lowest BCUT2D eigenvalue weighted by Crippen LogP contribution is -2.29. The summed E-state index contributed by atoms with van der Waals surface area (Å²) in [7, 11) is 3.18. The number of rotatable bonds is 17. The van der Waals surface area contributed by atoms with Crippen LogP contribution in [0.5, 0.6) is 11.5 Å². The van der Waals surface area contributed by atoms with Crippen LogP contribution in [0, 0.1) is 11.8 Å². The molecule has 2 aromatic carbocycles. The Morgan fingerprint density at radius 2 is 1.19 bits per heavy atom. The van der Waals surface area contributed by atoms with Gasteiger partial charge in [0, 0.05) is 54.3 Å². The van der Waals surface area contributed by atoms with Crippen LogP contribution in [0.3, 0.4) is 0 Å². The number of aromatic nitrogens is 6. The summed E-state index contributed by atoms with van der Waals surface area (Å²) in [5, 5.41) is 36.2. The minimum absolute atomic E-state index is 0.139. The molecule has 332 valence electrons. The summed E-state index contributed by atoms with van der Waals surface area (Å²) in [5.41, 5.74) is 7.07. The summed E-state index contributed by atoms with van der Waals surface area (Å²) < 4.78 is 14.7. The molecule has 0 atom stereocenters. The second-order valence-corrected chi connectivity index (χ2v) is 18.2. The summed E-state index contributed by atoms with van der Waals surface area (Å²) in [6.45, 7) is 11.6. The van der Waals surface area contributed by atoms with Crippen molar-refractivity contribution >= 4 is 51.4 Å². The molecule has 15 heteroatoms. The molecule has 63 heavy (non-hydrogen) atoms. The van der Waals surface area contributed by atoms with Gasteiger partial charge in [-0.3, -0.25) is 9.59 Å².